The zero-order valence-corrected chi connectivity index (χ0v) is 11.9. The van der Waals surface area contributed by atoms with Gasteiger partial charge in [0.05, 0.1) is 0 Å². The van der Waals surface area contributed by atoms with E-state index in [2.05, 4.69) is 5.32 Å². The Bertz CT molecular complexity index is 434. The van der Waals surface area contributed by atoms with Crippen LogP contribution in [0.25, 0.3) is 0 Å². The van der Waals surface area contributed by atoms with Gasteiger partial charge in [0.15, 0.2) is 0 Å². The number of carbonyl (C=O) groups excluding carboxylic acids is 1. The maximum atomic E-state index is 11.9. The lowest BCUT2D eigenvalue weighted by Gasteiger charge is -2.20. The van der Waals surface area contributed by atoms with Gasteiger partial charge in [0.25, 0.3) is 0 Å². The normalized spacial score (nSPS) is 10.0. The third-order valence-corrected chi connectivity index (χ3v) is 3.19. The summed E-state index contributed by atoms with van der Waals surface area (Å²) in [5.74, 6) is -1.01. The quantitative estimate of drug-likeness (QED) is 0.787. The number of aliphatic carboxylic acids is 1. The molecule has 0 aliphatic carbocycles. The molecule has 1 aromatic carbocycles. The van der Waals surface area contributed by atoms with Crippen molar-refractivity contribution in [2.75, 3.05) is 24.7 Å². The number of hydrogen-bond donors (Lipinski definition) is 2. The van der Waals surface area contributed by atoms with E-state index in [1.165, 1.54) is 4.90 Å². The predicted octanol–water partition coefficient (Wildman–Crippen LogP) is 2.74. The molecule has 19 heavy (non-hydrogen) atoms. The minimum absolute atomic E-state index is 0.289. The molecule has 0 fully saturated rings. The highest BCUT2D eigenvalue weighted by atomic mass is 32.2. The third-order valence-electron chi connectivity index (χ3n) is 2.45. The number of urea groups is 1. The first-order valence-corrected chi connectivity index (χ1v) is 7.21. The van der Waals surface area contributed by atoms with Gasteiger partial charge in [0, 0.05) is 17.1 Å². The van der Waals surface area contributed by atoms with E-state index in [9.17, 15) is 9.59 Å². The van der Waals surface area contributed by atoms with E-state index in [1.807, 2.05) is 25.3 Å². The highest BCUT2D eigenvalue weighted by Gasteiger charge is 2.15. The van der Waals surface area contributed by atoms with Crippen LogP contribution in [-0.4, -0.2) is 41.4 Å². The summed E-state index contributed by atoms with van der Waals surface area (Å²) in [6.07, 6.45) is 2.69. The zero-order valence-electron chi connectivity index (χ0n) is 11.0. The minimum atomic E-state index is -1.01. The van der Waals surface area contributed by atoms with Gasteiger partial charge in [-0.15, -0.1) is 11.8 Å². The second kappa shape index (κ2) is 7.68. The van der Waals surface area contributed by atoms with Crippen LogP contribution in [0.15, 0.2) is 29.2 Å². The lowest BCUT2D eigenvalue weighted by atomic mass is 10.3. The molecule has 0 spiro atoms. The maximum absolute atomic E-state index is 11.9. The van der Waals surface area contributed by atoms with Crippen LogP contribution in [0.3, 0.4) is 0 Å². The molecule has 0 aliphatic rings. The van der Waals surface area contributed by atoms with Gasteiger partial charge in [-0.05, 0) is 36.9 Å². The highest BCUT2D eigenvalue weighted by molar-refractivity contribution is 7.98. The topological polar surface area (TPSA) is 69.6 Å². The van der Waals surface area contributed by atoms with Gasteiger partial charge in [-0.2, -0.15) is 0 Å². The van der Waals surface area contributed by atoms with E-state index in [4.69, 9.17) is 5.11 Å². The van der Waals surface area contributed by atoms with Gasteiger partial charge >= 0.3 is 12.0 Å². The van der Waals surface area contributed by atoms with Crippen LogP contribution >= 0.6 is 11.8 Å². The van der Waals surface area contributed by atoms with Gasteiger partial charge < -0.3 is 15.3 Å². The second-order valence-electron chi connectivity index (χ2n) is 3.97. The van der Waals surface area contributed by atoms with Crippen LogP contribution < -0.4 is 5.32 Å². The van der Waals surface area contributed by atoms with Gasteiger partial charge in [-0.3, -0.25) is 4.79 Å². The summed E-state index contributed by atoms with van der Waals surface area (Å²) in [7, 11) is 0. The Balaban J connectivity index is 2.66. The van der Waals surface area contributed by atoms with Crippen molar-refractivity contribution in [2.45, 2.75) is 18.2 Å². The molecule has 5 nitrogen and oxygen atoms in total. The molecule has 0 saturated heterocycles. The second-order valence-corrected chi connectivity index (χ2v) is 4.85. The predicted molar refractivity (Wildman–Crippen MR) is 76.7 cm³/mol. The molecule has 0 radical (unpaired) electrons. The van der Waals surface area contributed by atoms with Gasteiger partial charge in [-0.25, -0.2) is 4.79 Å². The van der Waals surface area contributed by atoms with Crippen LogP contribution in [0, 0.1) is 0 Å². The van der Waals surface area contributed by atoms with Crippen LogP contribution in [0.1, 0.15) is 13.3 Å². The number of anilines is 1. The minimum Gasteiger partial charge on any atom is -0.480 e. The number of hydrogen-bond acceptors (Lipinski definition) is 3. The molecule has 0 heterocycles. The molecule has 0 atom stereocenters. The van der Waals surface area contributed by atoms with Crippen LogP contribution in [0.2, 0.25) is 0 Å². The van der Waals surface area contributed by atoms with E-state index < -0.39 is 5.97 Å². The summed E-state index contributed by atoms with van der Waals surface area (Å²) in [6.45, 7) is 2.03. The van der Waals surface area contributed by atoms with Crippen molar-refractivity contribution in [2.24, 2.45) is 0 Å². The van der Waals surface area contributed by atoms with E-state index in [1.54, 1.807) is 23.9 Å². The molecular weight excluding hydrogens is 264 g/mol. The fourth-order valence-corrected chi connectivity index (χ4v) is 1.97. The number of rotatable bonds is 6. The third kappa shape index (κ3) is 5.21. The molecule has 2 N–H and O–H groups in total. The van der Waals surface area contributed by atoms with E-state index >= 15 is 0 Å². The number of amides is 2. The molecule has 1 rings (SSSR count). The fraction of sp³-hybridized carbons (Fsp3) is 0.385. The summed E-state index contributed by atoms with van der Waals surface area (Å²) in [5, 5.41) is 11.5. The number of carbonyl (C=O) groups is 2. The Kier molecular flexibility index (Phi) is 6.21. The van der Waals surface area contributed by atoms with Crippen molar-refractivity contribution in [3.63, 3.8) is 0 Å². The van der Waals surface area contributed by atoms with Crippen molar-refractivity contribution in [3.8, 4) is 0 Å². The van der Waals surface area contributed by atoms with Crippen molar-refractivity contribution < 1.29 is 14.7 Å². The molecule has 0 saturated carbocycles. The monoisotopic (exact) mass is 282 g/mol. The first kappa shape index (κ1) is 15.4. The average molecular weight is 282 g/mol. The molecule has 2 amide bonds. The number of carboxylic acids is 1. The van der Waals surface area contributed by atoms with Gasteiger partial charge in [0.1, 0.15) is 6.54 Å². The smallest absolute Gasteiger partial charge is 0.323 e. The maximum Gasteiger partial charge on any atom is 0.323 e. The number of benzene rings is 1. The largest absolute Gasteiger partial charge is 0.480 e. The molecule has 6 heteroatoms. The Labute approximate surface area is 117 Å². The van der Waals surface area contributed by atoms with Crippen molar-refractivity contribution in [3.05, 3.63) is 24.3 Å². The average Bonchev–Trinajstić information content (AvgIpc) is 2.38. The first-order valence-electron chi connectivity index (χ1n) is 5.98. The van der Waals surface area contributed by atoms with Crippen molar-refractivity contribution >= 4 is 29.4 Å². The molecule has 1 aromatic rings. The van der Waals surface area contributed by atoms with Gasteiger partial charge in [0.2, 0.25) is 0 Å². The number of nitrogens with zero attached hydrogens (tertiary/aromatic N) is 1. The molecule has 104 valence electrons. The molecule has 0 aromatic heterocycles. The van der Waals surface area contributed by atoms with E-state index in [0.717, 1.165) is 4.90 Å². The molecule has 0 aliphatic heterocycles. The standard InChI is InChI=1S/C13H18N2O3S/c1-3-8-15(9-12(16)17)13(18)14-10-4-6-11(19-2)7-5-10/h4-7H,3,8-9H2,1-2H3,(H,14,18)(H,16,17). The number of carboxylic acid groups (broad SMARTS) is 1. The van der Waals surface area contributed by atoms with Crippen molar-refractivity contribution in [1.29, 1.82) is 0 Å². The molecule has 0 unspecified atom stereocenters. The zero-order chi connectivity index (χ0) is 14.3. The first-order chi connectivity index (χ1) is 9.06. The van der Waals surface area contributed by atoms with Crippen LogP contribution in [0.5, 0.6) is 0 Å². The van der Waals surface area contributed by atoms with E-state index in [-0.39, 0.29) is 12.6 Å². The lowest BCUT2D eigenvalue weighted by Crippen LogP contribution is -2.39. The summed E-state index contributed by atoms with van der Waals surface area (Å²) >= 11 is 1.62. The lowest BCUT2D eigenvalue weighted by molar-refractivity contribution is -0.137. The summed E-state index contributed by atoms with van der Waals surface area (Å²) in [4.78, 5) is 25.0. The van der Waals surface area contributed by atoms with Gasteiger partial charge in [-0.1, -0.05) is 6.92 Å². The summed E-state index contributed by atoms with van der Waals surface area (Å²) in [6, 6.07) is 7.02. The molecular formula is C13H18N2O3S. The number of nitrogens with one attached hydrogen (secondary N) is 1. The Hall–Kier alpha value is -1.69. The SMILES string of the molecule is CCCN(CC(=O)O)C(=O)Nc1ccc(SC)cc1. The summed E-state index contributed by atoms with van der Waals surface area (Å²) < 4.78 is 0. The van der Waals surface area contributed by atoms with Crippen LogP contribution in [-0.2, 0) is 4.79 Å². The Morgan fingerprint density at radius 2 is 1.95 bits per heavy atom. The Morgan fingerprint density at radius 1 is 1.32 bits per heavy atom. The van der Waals surface area contributed by atoms with Crippen LogP contribution in [0.4, 0.5) is 10.5 Å². The van der Waals surface area contributed by atoms with E-state index in [0.29, 0.717) is 18.7 Å². The fourth-order valence-electron chi connectivity index (χ4n) is 1.56. The summed E-state index contributed by atoms with van der Waals surface area (Å²) in [5.41, 5.74) is 0.661. The Morgan fingerprint density at radius 3 is 2.42 bits per heavy atom. The highest BCUT2D eigenvalue weighted by Crippen LogP contribution is 2.17. The number of thioether (sulfide) groups is 1. The molecule has 0 bridgehead atoms. The van der Waals surface area contributed by atoms with Crippen molar-refractivity contribution in [1.82, 2.24) is 4.90 Å².